The van der Waals surface area contributed by atoms with Crippen molar-refractivity contribution in [3.63, 3.8) is 0 Å². The van der Waals surface area contributed by atoms with E-state index in [1.54, 1.807) is 12.4 Å². The minimum absolute atomic E-state index is 0.219. The Bertz CT molecular complexity index is 781. The Kier molecular flexibility index (Phi) is 3.20. The Labute approximate surface area is 142 Å². The highest BCUT2D eigenvalue weighted by molar-refractivity contribution is 6.04. The first-order valence-electron chi connectivity index (χ1n) is 8.87. The number of carbonyl (C=O) groups is 1. The highest BCUT2D eigenvalue weighted by atomic mass is 16.2. The third kappa shape index (κ3) is 2.09. The lowest BCUT2D eigenvalue weighted by molar-refractivity contribution is 0.00848. The molecule has 6 rings (SSSR count). The number of rotatable bonds is 2. The average Bonchev–Trinajstić information content (AvgIpc) is 3.00. The van der Waals surface area contributed by atoms with Crippen LogP contribution >= 0.6 is 0 Å². The second-order valence-corrected chi connectivity index (χ2v) is 7.21. The number of hydrogen-bond donors (Lipinski definition) is 0. The second-order valence-electron chi connectivity index (χ2n) is 7.21. The van der Waals surface area contributed by atoms with Gasteiger partial charge in [-0.3, -0.25) is 9.78 Å². The van der Waals surface area contributed by atoms with E-state index in [0.717, 1.165) is 29.8 Å². The van der Waals surface area contributed by atoms with Gasteiger partial charge in [0, 0.05) is 31.5 Å². The second kappa shape index (κ2) is 5.42. The molecule has 4 aliphatic rings. The SMILES string of the molecule is O=C1c2c(cccc2-c2ccncc2)CN1[C@H]1CN2CCC1CC2. The van der Waals surface area contributed by atoms with E-state index in [1.807, 2.05) is 12.1 Å². The molecule has 4 heteroatoms. The molecule has 5 heterocycles. The third-order valence-corrected chi connectivity index (χ3v) is 5.98. The summed E-state index contributed by atoms with van der Waals surface area (Å²) in [5.74, 6) is 0.897. The van der Waals surface area contributed by atoms with Crippen LogP contribution in [0.1, 0.15) is 28.8 Å². The van der Waals surface area contributed by atoms with Crippen molar-refractivity contribution in [3.05, 3.63) is 53.9 Å². The van der Waals surface area contributed by atoms with Crippen molar-refractivity contribution in [1.29, 1.82) is 0 Å². The molecule has 0 saturated carbocycles. The molecular formula is C20H21N3O. The summed E-state index contributed by atoms with van der Waals surface area (Å²) in [7, 11) is 0. The van der Waals surface area contributed by atoms with Gasteiger partial charge in [-0.2, -0.15) is 0 Å². The fourth-order valence-electron chi connectivity index (χ4n) is 4.71. The summed E-state index contributed by atoms with van der Waals surface area (Å²) in [4.78, 5) is 22.0. The molecule has 1 aromatic heterocycles. The van der Waals surface area contributed by atoms with Crippen LogP contribution in [-0.4, -0.2) is 46.4 Å². The van der Waals surface area contributed by atoms with E-state index in [2.05, 4.69) is 33.0 Å². The fraction of sp³-hybridized carbons (Fsp3) is 0.400. The maximum Gasteiger partial charge on any atom is 0.255 e. The fourth-order valence-corrected chi connectivity index (χ4v) is 4.71. The van der Waals surface area contributed by atoms with Gasteiger partial charge in [0.05, 0.1) is 5.56 Å². The Balaban J connectivity index is 1.52. The number of pyridine rings is 1. The largest absolute Gasteiger partial charge is 0.330 e. The van der Waals surface area contributed by atoms with Crippen molar-refractivity contribution >= 4 is 5.91 Å². The lowest BCUT2D eigenvalue weighted by Crippen LogP contribution is -2.57. The topological polar surface area (TPSA) is 36.4 Å². The van der Waals surface area contributed by atoms with E-state index in [-0.39, 0.29) is 5.91 Å². The summed E-state index contributed by atoms with van der Waals surface area (Å²) >= 11 is 0. The molecule has 1 amide bonds. The highest BCUT2D eigenvalue weighted by Gasteiger charge is 2.42. The van der Waals surface area contributed by atoms with Crippen molar-refractivity contribution in [2.24, 2.45) is 5.92 Å². The summed E-state index contributed by atoms with van der Waals surface area (Å²) < 4.78 is 0. The number of nitrogens with zero attached hydrogens (tertiary/aromatic N) is 3. The smallest absolute Gasteiger partial charge is 0.255 e. The molecule has 122 valence electrons. The van der Waals surface area contributed by atoms with Gasteiger partial charge >= 0.3 is 0 Å². The number of piperidine rings is 3. The number of fused-ring (bicyclic) bond motifs is 4. The van der Waals surface area contributed by atoms with Gasteiger partial charge in [-0.15, -0.1) is 0 Å². The van der Waals surface area contributed by atoms with Gasteiger partial charge in [-0.25, -0.2) is 0 Å². The molecule has 2 bridgehead atoms. The summed E-state index contributed by atoms with van der Waals surface area (Å²) in [5.41, 5.74) is 4.19. The summed E-state index contributed by atoms with van der Waals surface area (Å²) in [6.07, 6.45) is 6.06. The Morgan fingerprint density at radius 1 is 1.04 bits per heavy atom. The van der Waals surface area contributed by atoms with Gasteiger partial charge in [0.25, 0.3) is 5.91 Å². The third-order valence-electron chi connectivity index (χ3n) is 5.98. The number of benzene rings is 1. The number of amides is 1. The molecule has 24 heavy (non-hydrogen) atoms. The van der Waals surface area contributed by atoms with Crippen molar-refractivity contribution in [1.82, 2.24) is 14.8 Å². The van der Waals surface area contributed by atoms with Crippen molar-refractivity contribution in [2.45, 2.75) is 25.4 Å². The van der Waals surface area contributed by atoms with Crippen molar-refractivity contribution in [2.75, 3.05) is 19.6 Å². The molecule has 0 radical (unpaired) electrons. The van der Waals surface area contributed by atoms with Crippen LogP contribution in [-0.2, 0) is 6.54 Å². The van der Waals surface area contributed by atoms with Gasteiger partial charge < -0.3 is 9.80 Å². The van der Waals surface area contributed by atoms with Crippen LogP contribution in [0.15, 0.2) is 42.7 Å². The van der Waals surface area contributed by atoms with Crippen LogP contribution in [0.2, 0.25) is 0 Å². The van der Waals surface area contributed by atoms with Crippen LogP contribution < -0.4 is 0 Å². The zero-order valence-corrected chi connectivity index (χ0v) is 13.7. The molecule has 1 atom stereocenters. The number of hydrogen-bond acceptors (Lipinski definition) is 3. The standard InChI is InChI=1S/C20H21N3O/c24-20-19-16(2-1-3-17(19)14-4-8-21-9-5-14)12-23(20)18-13-22-10-6-15(18)7-11-22/h1-5,8-9,15,18H,6-7,10-13H2/t18-/m0/s1. The van der Waals surface area contributed by atoms with Gasteiger partial charge in [0.15, 0.2) is 0 Å². The van der Waals surface area contributed by atoms with E-state index < -0.39 is 0 Å². The van der Waals surface area contributed by atoms with Crippen molar-refractivity contribution in [3.8, 4) is 11.1 Å². The van der Waals surface area contributed by atoms with Crippen LogP contribution in [0, 0.1) is 5.92 Å². The molecule has 3 saturated heterocycles. The van der Waals surface area contributed by atoms with Gasteiger partial charge in [-0.05, 0) is 60.7 Å². The Hall–Kier alpha value is -2.20. The Morgan fingerprint density at radius 2 is 1.83 bits per heavy atom. The zero-order chi connectivity index (χ0) is 16.1. The summed E-state index contributed by atoms with van der Waals surface area (Å²) in [5, 5.41) is 0. The minimum atomic E-state index is 0.219. The molecule has 0 N–H and O–H groups in total. The zero-order valence-electron chi connectivity index (χ0n) is 13.7. The van der Waals surface area contributed by atoms with E-state index >= 15 is 0 Å². The van der Waals surface area contributed by atoms with Crippen molar-refractivity contribution < 1.29 is 4.79 Å². The molecule has 0 unspecified atom stereocenters. The number of carbonyl (C=O) groups excluding carboxylic acids is 1. The van der Waals surface area contributed by atoms with Crippen LogP contribution in [0.3, 0.4) is 0 Å². The first-order chi connectivity index (χ1) is 11.8. The van der Waals surface area contributed by atoms with E-state index in [4.69, 9.17) is 0 Å². The highest BCUT2D eigenvalue weighted by Crippen LogP contribution is 2.38. The van der Waals surface area contributed by atoms with E-state index in [1.165, 1.54) is 31.5 Å². The van der Waals surface area contributed by atoms with Crippen LogP contribution in [0.4, 0.5) is 0 Å². The molecule has 2 aromatic rings. The van der Waals surface area contributed by atoms with E-state index in [9.17, 15) is 4.79 Å². The van der Waals surface area contributed by atoms with Crippen LogP contribution in [0.25, 0.3) is 11.1 Å². The van der Waals surface area contributed by atoms with Gasteiger partial charge in [-0.1, -0.05) is 18.2 Å². The first-order valence-corrected chi connectivity index (χ1v) is 8.87. The molecule has 1 aromatic carbocycles. The summed E-state index contributed by atoms with van der Waals surface area (Å²) in [6, 6.07) is 10.6. The molecular weight excluding hydrogens is 298 g/mol. The molecule has 3 fully saturated rings. The predicted octanol–water partition coefficient (Wildman–Crippen LogP) is 2.80. The average molecular weight is 319 g/mol. The molecule has 4 aliphatic heterocycles. The van der Waals surface area contributed by atoms with Gasteiger partial charge in [0.1, 0.15) is 0 Å². The quantitative estimate of drug-likeness (QED) is 0.854. The maximum atomic E-state index is 13.3. The van der Waals surface area contributed by atoms with Gasteiger partial charge in [0.2, 0.25) is 0 Å². The molecule has 0 aliphatic carbocycles. The minimum Gasteiger partial charge on any atom is -0.330 e. The first kappa shape index (κ1) is 14.2. The van der Waals surface area contributed by atoms with E-state index in [0.29, 0.717) is 12.0 Å². The monoisotopic (exact) mass is 319 g/mol. The molecule has 0 spiro atoms. The maximum absolute atomic E-state index is 13.3. The predicted molar refractivity (Wildman–Crippen MR) is 92.5 cm³/mol. The Morgan fingerprint density at radius 3 is 2.54 bits per heavy atom. The lowest BCUT2D eigenvalue weighted by atomic mass is 9.83. The number of aromatic nitrogens is 1. The molecule has 4 nitrogen and oxygen atoms in total. The van der Waals surface area contributed by atoms with Crippen LogP contribution in [0.5, 0.6) is 0 Å². The lowest BCUT2D eigenvalue weighted by Gasteiger charge is -2.48. The normalized spacial score (nSPS) is 28.2. The summed E-state index contributed by atoms with van der Waals surface area (Å²) in [6.45, 7) is 4.23.